The first kappa shape index (κ1) is 24.8. The van der Waals surface area contributed by atoms with E-state index in [-0.39, 0.29) is 35.8 Å². The summed E-state index contributed by atoms with van der Waals surface area (Å²) in [4.78, 5) is 26.5. The summed E-state index contributed by atoms with van der Waals surface area (Å²) in [7, 11) is 3.75. The van der Waals surface area contributed by atoms with Crippen molar-refractivity contribution in [3.05, 3.63) is 72.2 Å². The molecule has 1 aliphatic carbocycles. The van der Waals surface area contributed by atoms with Crippen molar-refractivity contribution in [3.8, 4) is 11.3 Å². The fraction of sp³-hybridized carbons (Fsp3) is 0.320. The van der Waals surface area contributed by atoms with Crippen molar-refractivity contribution in [3.63, 3.8) is 0 Å². The van der Waals surface area contributed by atoms with Gasteiger partial charge in [0.2, 0.25) is 5.91 Å². The van der Waals surface area contributed by atoms with Gasteiger partial charge in [0.1, 0.15) is 5.82 Å². The minimum Gasteiger partial charge on any atom is -0.352 e. The molecule has 0 saturated heterocycles. The number of carbonyl (C=O) groups is 1. The van der Waals surface area contributed by atoms with Crippen molar-refractivity contribution in [2.45, 2.75) is 32.4 Å². The number of hydrogen-bond acceptors (Lipinski definition) is 3. The summed E-state index contributed by atoms with van der Waals surface area (Å²) in [5, 5.41) is 6.43. The number of nitrogens with one attached hydrogen (secondary N) is 3. The lowest BCUT2D eigenvalue weighted by molar-refractivity contribution is -0.122. The number of imidazole rings is 1. The van der Waals surface area contributed by atoms with E-state index in [2.05, 4.69) is 37.7 Å². The van der Waals surface area contributed by atoms with E-state index in [0.717, 1.165) is 53.6 Å². The van der Waals surface area contributed by atoms with E-state index in [1.165, 1.54) is 0 Å². The number of H-pyrrole nitrogens is 1. The third-order valence-corrected chi connectivity index (χ3v) is 5.79. The molecule has 1 amide bonds. The van der Waals surface area contributed by atoms with Crippen LogP contribution in [0.5, 0.6) is 0 Å². The number of aromatic nitrogens is 2. The smallest absolute Gasteiger partial charge is 0.227 e. The van der Waals surface area contributed by atoms with Crippen molar-refractivity contribution < 1.29 is 4.79 Å². The second-order valence-electron chi connectivity index (χ2n) is 8.18. The molecule has 0 atom stereocenters. The van der Waals surface area contributed by atoms with E-state index in [4.69, 9.17) is 0 Å². The molecule has 0 spiro atoms. The number of amides is 1. The van der Waals surface area contributed by atoms with Crippen molar-refractivity contribution in [2.24, 2.45) is 10.9 Å². The normalized spacial score (nSPS) is 13.6. The van der Waals surface area contributed by atoms with E-state index >= 15 is 0 Å². The molecule has 1 fully saturated rings. The van der Waals surface area contributed by atoms with Gasteiger partial charge in [-0.05, 0) is 36.1 Å². The lowest BCUT2D eigenvalue weighted by Crippen LogP contribution is -2.38. The number of aromatic amines is 1. The number of benzene rings is 2. The first-order chi connectivity index (χ1) is 15.6. The molecule has 1 aliphatic rings. The van der Waals surface area contributed by atoms with Crippen LogP contribution in [0.1, 0.15) is 30.7 Å². The highest BCUT2D eigenvalue weighted by molar-refractivity contribution is 14.0. The van der Waals surface area contributed by atoms with Gasteiger partial charge in [0.25, 0.3) is 0 Å². The highest BCUT2D eigenvalue weighted by Crippen LogP contribution is 2.27. The zero-order chi connectivity index (χ0) is 22.3. The Labute approximate surface area is 212 Å². The van der Waals surface area contributed by atoms with Crippen molar-refractivity contribution in [1.29, 1.82) is 0 Å². The summed E-state index contributed by atoms with van der Waals surface area (Å²) in [6.07, 6.45) is 5.01. The Morgan fingerprint density at radius 1 is 1.18 bits per heavy atom. The number of anilines is 1. The number of guanidine groups is 1. The average molecular weight is 558 g/mol. The summed E-state index contributed by atoms with van der Waals surface area (Å²) in [6, 6.07) is 18.1. The Kier molecular flexibility index (Phi) is 8.87. The van der Waals surface area contributed by atoms with Crippen LogP contribution in [0.15, 0.2) is 65.8 Å². The molecule has 1 saturated carbocycles. The molecule has 3 aromatic rings. The molecule has 174 valence electrons. The molecule has 0 bridgehead atoms. The molecule has 3 N–H and O–H groups in total. The number of hydrogen-bond donors (Lipinski definition) is 3. The zero-order valence-corrected chi connectivity index (χ0v) is 21.4. The van der Waals surface area contributed by atoms with Gasteiger partial charge in [-0.25, -0.2) is 4.98 Å². The molecule has 1 aromatic heterocycles. The Bertz CT molecular complexity index is 1080. The summed E-state index contributed by atoms with van der Waals surface area (Å²) < 4.78 is 0. The molecular weight excluding hydrogens is 527 g/mol. The standard InChI is InChI=1S/C25H30N6O.HI/c1-26-25(31(2)17-23-27-16-22(30-23)19-9-4-3-5-10-19)28-15-18-8-6-13-21(14-18)29-24(32)20-11-7-12-20;/h3-6,8-10,13-14,16,20H,7,11-12,15,17H2,1-2H3,(H,26,28)(H,27,30)(H,29,32);1H. The molecule has 8 heteroatoms. The van der Waals surface area contributed by atoms with Crippen molar-refractivity contribution in [2.75, 3.05) is 19.4 Å². The highest BCUT2D eigenvalue weighted by atomic mass is 127. The van der Waals surface area contributed by atoms with Crippen LogP contribution in [0.4, 0.5) is 5.69 Å². The third kappa shape index (κ3) is 6.56. The van der Waals surface area contributed by atoms with Gasteiger partial charge >= 0.3 is 0 Å². The van der Waals surface area contributed by atoms with Gasteiger partial charge in [-0.3, -0.25) is 9.79 Å². The quantitative estimate of drug-likeness (QED) is 0.224. The zero-order valence-electron chi connectivity index (χ0n) is 19.0. The van der Waals surface area contributed by atoms with Gasteiger partial charge in [0.15, 0.2) is 5.96 Å². The molecule has 33 heavy (non-hydrogen) atoms. The molecule has 0 aliphatic heterocycles. The molecule has 4 rings (SSSR count). The number of rotatable bonds is 7. The average Bonchev–Trinajstić information content (AvgIpc) is 3.22. The van der Waals surface area contributed by atoms with E-state index < -0.39 is 0 Å². The maximum atomic E-state index is 12.2. The minimum absolute atomic E-state index is 0. The van der Waals surface area contributed by atoms with Crippen LogP contribution >= 0.6 is 24.0 Å². The van der Waals surface area contributed by atoms with Gasteiger partial charge in [-0.2, -0.15) is 0 Å². The van der Waals surface area contributed by atoms with Gasteiger partial charge in [0, 0.05) is 32.2 Å². The minimum atomic E-state index is 0. The largest absolute Gasteiger partial charge is 0.352 e. The van der Waals surface area contributed by atoms with Crippen LogP contribution in [0.2, 0.25) is 0 Å². The van der Waals surface area contributed by atoms with Crippen LogP contribution in [0.3, 0.4) is 0 Å². The van der Waals surface area contributed by atoms with Crippen molar-refractivity contribution >= 4 is 41.5 Å². The van der Waals surface area contributed by atoms with Crippen molar-refractivity contribution in [1.82, 2.24) is 20.2 Å². The molecular formula is C25H31IN6O. The summed E-state index contributed by atoms with van der Waals surface area (Å²) in [5.41, 5.74) is 4.03. The number of halogens is 1. The van der Waals surface area contributed by atoms with E-state index in [9.17, 15) is 4.79 Å². The van der Waals surface area contributed by atoms with Gasteiger partial charge in [-0.1, -0.05) is 48.9 Å². The molecule has 7 nitrogen and oxygen atoms in total. The summed E-state index contributed by atoms with van der Waals surface area (Å²) in [6.45, 7) is 1.21. The van der Waals surface area contributed by atoms with E-state index in [0.29, 0.717) is 13.1 Å². The Hall–Kier alpha value is -2.88. The predicted molar refractivity (Wildman–Crippen MR) is 144 cm³/mol. The lowest BCUT2D eigenvalue weighted by atomic mass is 9.85. The van der Waals surface area contributed by atoms with Crippen LogP contribution in [0.25, 0.3) is 11.3 Å². The predicted octanol–water partition coefficient (Wildman–Crippen LogP) is 4.64. The van der Waals surface area contributed by atoms with Crippen LogP contribution in [0, 0.1) is 5.92 Å². The maximum absolute atomic E-state index is 12.2. The van der Waals surface area contributed by atoms with Gasteiger partial charge < -0.3 is 20.5 Å². The SMILES string of the molecule is CN=C(NCc1cccc(NC(=O)C2CCC2)c1)N(C)Cc1ncc(-c2ccccc2)[nH]1.I. The van der Waals surface area contributed by atoms with Crippen LogP contribution < -0.4 is 10.6 Å². The number of aliphatic imine (C=N–C) groups is 1. The molecule has 1 heterocycles. The van der Waals surface area contributed by atoms with Gasteiger partial charge in [0.05, 0.1) is 18.4 Å². The monoisotopic (exact) mass is 558 g/mol. The second-order valence-corrected chi connectivity index (χ2v) is 8.18. The first-order valence-corrected chi connectivity index (χ1v) is 11.0. The Morgan fingerprint density at radius 3 is 2.67 bits per heavy atom. The lowest BCUT2D eigenvalue weighted by Gasteiger charge is -2.24. The van der Waals surface area contributed by atoms with E-state index in [1.807, 2.05) is 60.6 Å². The fourth-order valence-electron chi connectivity index (χ4n) is 3.75. The summed E-state index contributed by atoms with van der Waals surface area (Å²) >= 11 is 0. The Balaban J connectivity index is 0.00000306. The number of carbonyl (C=O) groups excluding carboxylic acids is 1. The highest BCUT2D eigenvalue weighted by Gasteiger charge is 2.25. The van der Waals surface area contributed by atoms with Crippen LogP contribution in [-0.4, -0.2) is 40.8 Å². The summed E-state index contributed by atoms with van der Waals surface area (Å²) in [5.74, 6) is 1.94. The third-order valence-electron chi connectivity index (χ3n) is 5.79. The molecule has 0 unspecified atom stereocenters. The topological polar surface area (TPSA) is 85.4 Å². The first-order valence-electron chi connectivity index (χ1n) is 11.0. The van der Waals surface area contributed by atoms with Crippen LogP contribution in [-0.2, 0) is 17.9 Å². The molecule has 2 aromatic carbocycles. The maximum Gasteiger partial charge on any atom is 0.227 e. The van der Waals surface area contributed by atoms with Gasteiger partial charge in [-0.15, -0.1) is 24.0 Å². The molecule has 0 radical (unpaired) electrons. The van der Waals surface area contributed by atoms with E-state index in [1.54, 1.807) is 7.05 Å². The fourth-order valence-corrected chi connectivity index (χ4v) is 3.75. The second kappa shape index (κ2) is 11.8. The Morgan fingerprint density at radius 2 is 1.97 bits per heavy atom. The number of nitrogens with zero attached hydrogens (tertiary/aromatic N) is 3.